The predicted octanol–water partition coefficient (Wildman–Crippen LogP) is 2.98. The minimum atomic E-state index is -3.84. The average Bonchev–Trinajstić information content (AvgIpc) is 3.82. The van der Waals surface area contributed by atoms with Crippen molar-refractivity contribution in [2.24, 2.45) is 11.3 Å². The van der Waals surface area contributed by atoms with Gasteiger partial charge in [0.2, 0.25) is 21.8 Å². The molecule has 12 heteroatoms. The minimum absolute atomic E-state index is 0.183. The van der Waals surface area contributed by atoms with Gasteiger partial charge >= 0.3 is 6.09 Å². The fraction of sp³-hybridized carbons (Fsp3) is 0.613. The Labute approximate surface area is 254 Å². The van der Waals surface area contributed by atoms with E-state index >= 15 is 0 Å². The first kappa shape index (κ1) is 32.5. The summed E-state index contributed by atoms with van der Waals surface area (Å²) < 4.78 is 32.6. The summed E-state index contributed by atoms with van der Waals surface area (Å²) in [7, 11) is -3.84. The molecule has 1 aliphatic heterocycles. The van der Waals surface area contributed by atoms with Gasteiger partial charge < -0.3 is 20.3 Å². The van der Waals surface area contributed by atoms with Gasteiger partial charge in [0.15, 0.2) is 0 Å². The Morgan fingerprint density at radius 1 is 1.07 bits per heavy atom. The summed E-state index contributed by atoms with van der Waals surface area (Å²) in [5.41, 5.74) is -2.04. The van der Waals surface area contributed by atoms with E-state index < -0.39 is 73.6 Å². The third-order valence-corrected chi connectivity index (χ3v) is 10.00. The zero-order chi connectivity index (χ0) is 32.0. The molecule has 2 aliphatic carbocycles. The van der Waals surface area contributed by atoms with Crippen LogP contribution in [0.15, 0.2) is 43.0 Å². The highest BCUT2D eigenvalue weighted by molar-refractivity contribution is 7.91. The molecule has 0 bridgehead atoms. The van der Waals surface area contributed by atoms with Crippen molar-refractivity contribution in [1.82, 2.24) is 20.3 Å². The van der Waals surface area contributed by atoms with Gasteiger partial charge in [0.05, 0.1) is 5.25 Å². The van der Waals surface area contributed by atoms with Crippen LogP contribution < -0.4 is 15.4 Å². The zero-order valence-corrected chi connectivity index (χ0v) is 26.6. The number of amides is 4. The monoisotopic (exact) mass is 616 g/mol. The molecule has 5 atom stereocenters. The first-order valence-electron chi connectivity index (χ1n) is 14.7. The molecule has 4 rings (SSSR count). The number of hydrogen-bond donors (Lipinski definition) is 3. The summed E-state index contributed by atoms with van der Waals surface area (Å²) in [6.07, 6.45) is 2.22. The number of likely N-dealkylation sites (tertiary alicyclic amines) is 1. The molecule has 0 spiro atoms. The van der Waals surface area contributed by atoms with Gasteiger partial charge in [0.25, 0.3) is 5.91 Å². The van der Waals surface area contributed by atoms with E-state index in [0.29, 0.717) is 12.8 Å². The number of alkyl carbamates (subject to hydrolysis) is 1. The van der Waals surface area contributed by atoms with Crippen LogP contribution in [0, 0.1) is 11.3 Å². The van der Waals surface area contributed by atoms with Gasteiger partial charge in [0.1, 0.15) is 23.2 Å². The van der Waals surface area contributed by atoms with Gasteiger partial charge in [0, 0.05) is 18.4 Å². The first-order valence-corrected chi connectivity index (χ1v) is 16.3. The van der Waals surface area contributed by atoms with E-state index in [1.807, 2.05) is 51.1 Å². The van der Waals surface area contributed by atoms with Crippen LogP contribution in [-0.2, 0) is 29.1 Å². The van der Waals surface area contributed by atoms with E-state index in [2.05, 4.69) is 21.9 Å². The van der Waals surface area contributed by atoms with Crippen LogP contribution in [0.4, 0.5) is 4.79 Å². The molecule has 1 heterocycles. The molecule has 43 heavy (non-hydrogen) atoms. The highest BCUT2D eigenvalue weighted by Gasteiger charge is 2.62. The maximum Gasteiger partial charge on any atom is 0.408 e. The second-order valence-electron chi connectivity index (χ2n) is 14.0. The molecule has 0 aromatic heterocycles. The van der Waals surface area contributed by atoms with E-state index in [1.165, 1.54) is 11.0 Å². The lowest BCUT2D eigenvalue weighted by Crippen LogP contribution is -2.60. The lowest BCUT2D eigenvalue weighted by Gasteiger charge is -2.36. The van der Waals surface area contributed by atoms with Crippen LogP contribution in [0.3, 0.4) is 0 Å². The predicted molar refractivity (Wildman–Crippen MR) is 161 cm³/mol. The second-order valence-corrected chi connectivity index (χ2v) is 15.9. The Bertz CT molecular complexity index is 1380. The molecule has 236 valence electrons. The van der Waals surface area contributed by atoms with E-state index in [9.17, 15) is 27.6 Å². The molecule has 3 aliphatic rings. The van der Waals surface area contributed by atoms with Gasteiger partial charge in [-0.3, -0.25) is 19.1 Å². The van der Waals surface area contributed by atoms with E-state index in [0.717, 1.165) is 5.56 Å². The molecule has 11 nitrogen and oxygen atoms in total. The molecule has 3 fully saturated rings. The fourth-order valence-electron chi connectivity index (χ4n) is 5.55. The van der Waals surface area contributed by atoms with Crippen molar-refractivity contribution in [1.29, 1.82) is 0 Å². The van der Waals surface area contributed by atoms with Crippen LogP contribution in [0.5, 0.6) is 0 Å². The van der Waals surface area contributed by atoms with Crippen LogP contribution in [0.25, 0.3) is 0 Å². The molecule has 1 saturated heterocycles. The molecular formula is C31H44N4O7S. The first-order chi connectivity index (χ1) is 19.9. The van der Waals surface area contributed by atoms with Gasteiger partial charge in [-0.15, -0.1) is 6.58 Å². The third-order valence-electron chi connectivity index (χ3n) is 8.18. The topological polar surface area (TPSA) is 151 Å². The number of carbonyl (C=O) groups is 4. The summed E-state index contributed by atoms with van der Waals surface area (Å²) in [4.78, 5) is 55.7. The number of ether oxygens (including phenoxy) is 1. The maximum atomic E-state index is 14.2. The number of hydrogen-bond acceptors (Lipinski definition) is 7. The Morgan fingerprint density at radius 3 is 2.21 bits per heavy atom. The van der Waals surface area contributed by atoms with Crippen molar-refractivity contribution in [3.8, 4) is 0 Å². The standard InChI is InChI=1S/C31H44N4O7S/c1-8-21-17-31(21,27(38)34-43(40,41)22-14-15-22)33-25(36)23-16-20(19-12-10-9-11-13-19)18-35(23)26(37)24(29(2,3)4)32-28(39)42-30(5,6)7/h8-13,20-24H,1,14-18H2,2-7H3,(H,32,39)(H,33,36)(H,34,38)/t20-,21-,23+,24-,31-/m1/s1. The molecule has 4 amide bonds. The summed E-state index contributed by atoms with van der Waals surface area (Å²) in [6, 6.07) is 7.52. The van der Waals surface area contributed by atoms with Crippen molar-refractivity contribution >= 4 is 33.8 Å². The lowest BCUT2D eigenvalue weighted by molar-refractivity contribution is -0.142. The van der Waals surface area contributed by atoms with Crippen LogP contribution >= 0.6 is 0 Å². The van der Waals surface area contributed by atoms with Crippen LogP contribution in [-0.4, -0.2) is 72.2 Å². The van der Waals surface area contributed by atoms with Crippen molar-refractivity contribution in [2.45, 2.75) is 102 Å². The van der Waals surface area contributed by atoms with E-state index in [-0.39, 0.29) is 25.3 Å². The lowest BCUT2D eigenvalue weighted by atomic mass is 9.85. The normalized spacial score (nSPS) is 26.2. The smallest absolute Gasteiger partial charge is 0.408 e. The molecule has 1 aromatic carbocycles. The second kappa shape index (κ2) is 11.6. The van der Waals surface area contributed by atoms with Gasteiger partial charge in [-0.05, 0) is 57.4 Å². The molecule has 1 aromatic rings. The molecule has 0 unspecified atom stereocenters. The molecule has 0 radical (unpaired) electrons. The number of nitrogens with one attached hydrogen (secondary N) is 3. The molecule has 2 saturated carbocycles. The minimum Gasteiger partial charge on any atom is -0.444 e. The zero-order valence-electron chi connectivity index (χ0n) is 25.8. The van der Waals surface area contributed by atoms with Crippen LogP contribution in [0.2, 0.25) is 0 Å². The SMILES string of the molecule is C=C[C@@H]1C[C@]1(NC(=O)[C@@H]1C[C@@H](c2ccccc2)CN1C(=O)[C@@H](NC(=O)OC(C)(C)C)C(C)(C)C)C(=O)NS(=O)(=O)C1CC1. The van der Waals surface area contributed by atoms with Gasteiger partial charge in [-0.25, -0.2) is 13.2 Å². The molecule has 3 N–H and O–H groups in total. The van der Waals surface area contributed by atoms with Crippen molar-refractivity contribution < 1.29 is 32.3 Å². The number of rotatable bonds is 9. The summed E-state index contributed by atoms with van der Waals surface area (Å²) in [6.45, 7) is 14.6. The van der Waals surface area contributed by atoms with E-state index in [4.69, 9.17) is 4.74 Å². The van der Waals surface area contributed by atoms with Gasteiger partial charge in [-0.2, -0.15) is 0 Å². The quantitative estimate of drug-likeness (QED) is 0.361. The van der Waals surface area contributed by atoms with Crippen molar-refractivity contribution in [3.05, 3.63) is 48.6 Å². The summed E-state index contributed by atoms with van der Waals surface area (Å²) in [5.74, 6) is -2.47. The van der Waals surface area contributed by atoms with Gasteiger partial charge in [-0.1, -0.05) is 57.2 Å². The third kappa shape index (κ3) is 7.39. The summed E-state index contributed by atoms with van der Waals surface area (Å²) >= 11 is 0. The highest BCUT2D eigenvalue weighted by Crippen LogP contribution is 2.46. The van der Waals surface area contributed by atoms with E-state index in [1.54, 1.807) is 20.8 Å². The Morgan fingerprint density at radius 2 is 1.70 bits per heavy atom. The number of nitrogens with zero attached hydrogens (tertiary/aromatic N) is 1. The number of carbonyl (C=O) groups excluding carboxylic acids is 4. The Kier molecular flexibility index (Phi) is 8.76. The Balaban J connectivity index is 1.61. The average molecular weight is 617 g/mol. The number of sulfonamides is 1. The summed E-state index contributed by atoms with van der Waals surface area (Å²) in [5, 5.41) is 4.91. The fourth-order valence-corrected chi connectivity index (χ4v) is 6.92. The largest absolute Gasteiger partial charge is 0.444 e. The van der Waals surface area contributed by atoms with Crippen molar-refractivity contribution in [3.63, 3.8) is 0 Å². The highest BCUT2D eigenvalue weighted by atomic mass is 32.2. The number of benzene rings is 1. The molecular weight excluding hydrogens is 572 g/mol. The van der Waals surface area contributed by atoms with Crippen molar-refractivity contribution in [2.75, 3.05) is 6.54 Å². The Hall–Kier alpha value is -3.41. The van der Waals surface area contributed by atoms with Crippen LogP contribution in [0.1, 0.15) is 78.7 Å². The maximum absolute atomic E-state index is 14.2.